The van der Waals surface area contributed by atoms with Gasteiger partial charge in [0.05, 0.1) is 0 Å². The van der Waals surface area contributed by atoms with Gasteiger partial charge in [-0.1, -0.05) is 158 Å². The first-order chi connectivity index (χ1) is 26.3. The van der Waals surface area contributed by atoms with E-state index in [0.29, 0.717) is 17.5 Å². The second kappa shape index (κ2) is 12.9. The summed E-state index contributed by atoms with van der Waals surface area (Å²) in [7, 11) is 0. The van der Waals surface area contributed by atoms with Gasteiger partial charge in [0.15, 0.2) is 17.5 Å². The van der Waals surface area contributed by atoms with E-state index in [4.69, 9.17) is 19.4 Å². The molecule has 248 valence electrons. The summed E-state index contributed by atoms with van der Waals surface area (Å²) in [5.74, 6) is 1.82. The van der Waals surface area contributed by atoms with Crippen molar-refractivity contribution in [3.8, 4) is 67.5 Å². The number of furan rings is 1. The van der Waals surface area contributed by atoms with Crippen molar-refractivity contribution in [2.45, 2.75) is 0 Å². The van der Waals surface area contributed by atoms with Crippen molar-refractivity contribution in [3.05, 3.63) is 188 Å². The Bertz CT molecular complexity index is 2940. The molecule has 0 bridgehead atoms. The standard InChI is InChI=1S/C49H31N3O/c1-4-14-32(15-5-1)35-20-12-21-36(30-35)39-24-13-25-44-46(39)43-27-26-37(31-45(43)53-44)48-50-47(34-18-8-3-9-19-34)51-49(52-48)42-29-28-38(33-16-6-2-7-17-33)40-22-10-11-23-41(40)42/h1-31H. The lowest BCUT2D eigenvalue weighted by atomic mass is 9.94. The Morgan fingerprint density at radius 2 is 0.849 bits per heavy atom. The van der Waals surface area contributed by atoms with Gasteiger partial charge < -0.3 is 4.42 Å². The monoisotopic (exact) mass is 677 g/mol. The smallest absolute Gasteiger partial charge is 0.164 e. The molecule has 0 radical (unpaired) electrons. The van der Waals surface area contributed by atoms with Crippen LogP contribution in [0.5, 0.6) is 0 Å². The Balaban J connectivity index is 1.12. The van der Waals surface area contributed by atoms with Gasteiger partial charge in [-0.25, -0.2) is 15.0 Å². The van der Waals surface area contributed by atoms with Gasteiger partial charge in [0.1, 0.15) is 11.2 Å². The average molecular weight is 678 g/mol. The Morgan fingerprint density at radius 1 is 0.283 bits per heavy atom. The summed E-state index contributed by atoms with van der Waals surface area (Å²) in [6.45, 7) is 0. The van der Waals surface area contributed by atoms with Crippen molar-refractivity contribution >= 4 is 32.7 Å². The van der Waals surface area contributed by atoms with Crippen LogP contribution in [0.1, 0.15) is 0 Å². The molecule has 0 saturated carbocycles. The fraction of sp³-hybridized carbons (Fsp3) is 0. The van der Waals surface area contributed by atoms with Crippen LogP contribution in [0.3, 0.4) is 0 Å². The van der Waals surface area contributed by atoms with Crippen LogP contribution in [-0.4, -0.2) is 15.0 Å². The maximum Gasteiger partial charge on any atom is 0.164 e. The van der Waals surface area contributed by atoms with E-state index in [1.54, 1.807) is 0 Å². The van der Waals surface area contributed by atoms with E-state index in [2.05, 4.69) is 140 Å². The van der Waals surface area contributed by atoms with Crippen LogP contribution >= 0.6 is 0 Å². The van der Waals surface area contributed by atoms with Gasteiger partial charge in [-0.05, 0) is 74.5 Å². The summed E-state index contributed by atoms with van der Waals surface area (Å²) in [5, 5.41) is 4.37. The molecule has 0 unspecified atom stereocenters. The topological polar surface area (TPSA) is 51.8 Å². The number of fused-ring (bicyclic) bond motifs is 4. The highest BCUT2D eigenvalue weighted by Crippen LogP contribution is 2.40. The Labute approximate surface area is 306 Å². The molecule has 0 aliphatic heterocycles. The van der Waals surface area contributed by atoms with Crippen molar-refractivity contribution in [2.75, 3.05) is 0 Å². The molecule has 0 aliphatic rings. The summed E-state index contributed by atoms with van der Waals surface area (Å²) in [6.07, 6.45) is 0. The number of hydrogen-bond acceptors (Lipinski definition) is 4. The van der Waals surface area contributed by atoms with E-state index in [1.807, 2.05) is 48.5 Å². The van der Waals surface area contributed by atoms with Crippen LogP contribution in [0.25, 0.3) is 100 Å². The zero-order valence-corrected chi connectivity index (χ0v) is 28.6. The van der Waals surface area contributed by atoms with E-state index >= 15 is 0 Å². The van der Waals surface area contributed by atoms with Gasteiger partial charge in [0.25, 0.3) is 0 Å². The van der Waals surface area contributed by atoms with Gasteiger partial charge in [-0.2, -0.15) is 0 Å². The summed E-state index contributed by atoms with van der Waals surface area (Å²) in [5.41, 5.74) is 11.3. The summed E-state index contributed by atoms with van der Waals surface area (Å²) in [6, 6.07) is 65.1. The molecule has 0 saturated heterocycles. The predicted octanol–water partition coefficient (Wildman–Crippen LogP) is 12.9. The highest BCUT2D eigenvalue weighted by Gasteiger charge is 2.18. The van der Waals surface area contributed by atoms with Gasteiger partial charge in [0, 0.05) is 27.5 Å². The second-order valence-corrected chi connectivity index (χ2v) is 13.2. The highest BCUT2D eigenvalue weighted by molar-refractivity contribution is 6.13. The highest BCUT2D eigenvalue weighted by atomic mass is 16.3. The third-order valence-electron chi connectivity index (χ3n) is 9.95. The molecule has 2 aromatic heterocycles. The zero-order valence-electron chi connectivity index (χ0n) is 28.6. The predicted molar refractivity (Wildman–Crippen MR) is 217 cm³/mol. The molecule has 0 aliphatic carbocycles. The van der Waals surface area contributed by atoms with E-state index in [1.165, 1.54) is 22.3 Å². The fourth-order valence-corrected chi connectivity index (χ4v) is 7.41. The number of aromatic nitrogens is 3. The SMILES string of the molecule is c1ccc(-c2cccc(-c3cccc4oc5cc(-c6nc(-c7ccccc7)nc(-c7ccc(-c8ccccc8)c8ccccc78)n6)ccc5c34)c2)cc1. The molecule has 10 rings (SSSR count). The van der Waals surface area contributed by atoms with Crippen molar-refractivity contribution < 1.29 is 4.42 Å². The van der Waals surface area contributed by atoms with Crippen LogP contribution in [-0.2, 0) is 0 Å². The molecule has 0 spiro atoms. The summed E-state index contributed by atoms with van der Waals surface area (Å²) < 4.78 is 6.56. The lowest BCUT2D eigenvalue weighted by Gasteiger charge is -2.13. The van der Waals surface area contributed by atoms with E-state index in [9.17, 15) is 0 Å². The third-order valence-corrected chi connectivity index (χ3v) is 9.95. The molecule has 4 nitrogen and oxygen atoms in total. The molecular weight excluding hydrogens is 647 g/mol. The van der Waals surface area contributed by atoms with Gasteiger partial charge in [0.2, 0.25) is 0 Å². The Hall–Kier alpha value is -7.17. The van der Waals surface area contributed by atoms with Crippen molar-refractivity contribution in [1.29, 1.82) is 0 Å². The van der Waals surface area contributed by atoms with Crippen LogP contribution < -0.4 is 0 Å². The first-order valence-corrected chi connectivity index (χ1v) is 17.8. The molecule has 8 aromatic carbocycles. The summed E-state index contributed by atoms with van der Waals surface area (Å²) in [4.78, 5) is 15.3. The van der Waals surface area contributed by atoms with Gasteiger partial charge in [-0.3, -0.25) is 0 Å². The van der Waals surface area contributed by atoms with E-state index in [0.717, 1.165) is 60.5 Å². The molecule has 0 fully saturated rings. The lowest BCUT2D eigenvalue weighted by Crippen LogP contribution is -2.00. The summed E-state index contributed by atoms with van der Waals surface area (Å²) >= 11 is 0. The molecular formula is C49H31N3O. The normalized spacial score (nSPS) is 11.4. The zero-order chi connectivity index (χ0) is 35.1. The van der Waals surface area contributed by atoms with Gasteiger partial charge in [-0.15, -0.1) is 0 Å². The molecule has 53 heavy (non-hydrogen) atoms. The number of nitrogens with zero attached hydrogens (tertiary/aromatic N) is 3. The first-order valence-electron chi connectivity index (χ1n) is 17.8. The minimum atomic E-state index is 0.586. The molecule has 0 atom stereocenters. The molecule has 0 amide bonds. The Kier molecular flexibility index (Phi) is 7.43. The molecule has 0 N–H and O–H groups in total. The van der Waals surface area contributed by atoms with E-state index < -0.39 is 0 Å². The number of rotatable bonds is 6. The largest absolute Gasteiger partial charge is 0.456 e. The lowest BCUT2D eigenvalue weighted by molar-refractivity contribution is 0.669. The van der Waals surface area contributed by atoms with Gasteiger partial charge >= 0.3 is 0 Å². The number of hydrogen-bond donors (Lipinski definition) is 0. The van der Waals surface area contributed by atoms with Crippen LogP contribution in [0.4, 0.5) is 0 Å². The maximum absolute atomic E-state index is 6.56. The maximum atomic E-state index is 6.56. The second-order valence-electron chi connectivity index (χ2n) is 13.2. The van der Waals surface area contributed by atoms with Crippen molar-refractivity contribution in [2.24, 2.45) is 0 Å². The van der Waals surface area contributed by atoms with Crippen molar-refractivity contribution in [3.63, 3.8) is 0 Å². The van der Waals surface area contributed by atoms with Crippen LogP contribution in [0.15, 0.2) is 192 Å². The average Bonchev–Trinajstić information content (AvgIpc) is 3.62. The van der Waals surface area contributed by atoms with Crippen LogP contribution in [0, 0.1) is 0 Å². The minimum Gasteiger partial charge on any atom is -0.456 e. The Morgan fingerprint density at radius 3 is 1.60 bits per heavy atom. The van der Waals surface area contributed by atoms with Crippen LogP contribution in [0.2, 0.25) is 0 Å². The molecule has 2 heterocycles. The third kappa shape index (κ3) is 5.54. The fourth-order valence-electron chi connectivity index (χ4n) is 7.41. The number of benzene rings is 8. The first kappa shape index (κ1) is 30.6. The van der Waals surface area contributed by atoms with Crippen molar-refractivity contribution in [1.82, 2.24) is 15.0 Å². The molecule has 4 heteroatoms. The molecule has 10 aromatic rings. The quantitative estimate of drug-likeness (QED) is 0.176. The van der Waals surface area contributed by atoms with E-state index in [-0.39, 0.29) is 0 Å². The minimum absolute atomic E-state index is 0.586.